The van der Waals surface area contributed by atoms with E-state index in [1.54, 1.807) is 0 Å². The molecule has 2 N–H and O–H groups in total. The largest absolute Gasteiger partial charge is 0.481 e. The van der Waals surface area contributed by atoms with E-state index in [2.05, 4.69) is 26.1 Å². The number of rotatable bonds is 4. The van der Waals surface area contributed by atoms with Crippen LogP contribution in [0, 0.1) is 17.3 Å². The van der Waals surface area contributed by atoms with Gasteiger partial charge in [-0.3, -0.25) is 9.59 Å². The summed E-state index contributed by atoms with van der Waals surface area (Å²) in [6, 6.07) is 0. The van der Waals surface area contributed by atoms with Crippen LogP contribution in [-0.4, -0.2) is 23.5 Å². The average Bonchev–Trinajstić information content (AvgIpc) is 2.27. The minimum Gasteiger partial charge on any atom is -0.481 e. The fraction of sp³-hybridized carbons (Fsp3) is 0.857. The van der Waals surface area contributed by atoms with Gasteiger partial charge in [0.15, 0.2) is 0 Å². The van der Waals surface area contributed by atoms with Crippen LogP contribution in [0.3, 0.4) is 0 Å². The molecule has 4 nitrogen and oxygen atoms in total. The molecule has 4 heteroatoms. The number of nitrogens with one attached hydrogen (secondary N) is 1. The van der Waals surface area contributed by atoms with Crippen LogP contribution in [0.4, 0.5) is 0 Å². The summed E-state index contributed by atoms with van der Waals surface area (Å²) >= 11 is 0. The van der Waals surface area contributed by atoms with Crippen molar-refractivity contribution in [3.8, 4) is 0 Å². The summed E-state index contributed by atoms with van der Waals surface area (Å²) in [4.78, 5) is 22.2. The lowest BCUT2D eigenvalue weighted by Gasteiger charge is -2.36. The van der Waals surface area contributed by atoms with Crippen LogP contribution in [-0.2, 0) is 9.59 Å². The monoisotopic (exact) mass is 255 g/mol. The van der Waals surface area contributed by atoms with Crippen LogP contribution >= 0.6 is 0 Å². The summed E-state index contributed by atoms with van der Waals surface area (Å²) in [6.45, 7) is 7.01. The number of carboxylic acids is 1. The molecular formula is C14H25NO3. The lowest BCUT2D eigenvalue weighted by molar-refractivity contribution is -0.137. The molecule has 1 rings (SSSR count). The van der Waals surface area contributed by atoms with Crippen molar-refractivity contribution in [2.45, 2.75) is 52.9 Å². The van der Waals surface area contributed by atoms with E-state index >= 15 is 0 Å². The Morgan fingerprint density at radius 1 is 1.17 bits per heavy atom. The predicted molar refractivity (Wildman–Crippen MR) is 70.2 cm³/mol. The van der Waals surface area contributed by atoms with E-state index in [9.17, 15) is 9.59 Å². The second-order valence-electron chi connectivity index (χ2n) is 6.35. The van der Waals surface area contributed by atoms with Crippen LogP contribution in [0.2, 0.25) is 0 Å². The third kappa shape index (κ3) is 4.67. The number of aliphatic carboxylic acids is 1. The zero-order valence-electron chi connectivity index (χ0n) is 11.7. The van der Waals surface area contributed by atoms with Crippen LogP contribution in [0.15, 0.2) is 0 Å². The fourth-order valence-electron chi connectivity index (χ4n) is 2.66. The first-order valence-corrected chi connectivity index (χ1v) is 6.80. The molecule has 0 unspecified atom stereocenters. The highest BCUT2D eigenvalue weighted by molar-refractivity contribution is 5.79. The second kappa shape index (κ2) is 6.21. The summed E-state index contributed by atoms with van der Waals surface area (Å²) < 4.78 is 0. The summed E-state index contributed by atoms with van der Waals surface area (Å²) in [5.74, 6) is -0.0617. The number of carbonyl (C=O) groups is 2. The molecule has 1 amide bonds. The Bertz CT molecular complexity index is 299. The fourth-order valence-corrected chi connectivity index (χ4v) is 2.66. The van der Waals surface area contributed by atoms with Gasteiger partial charge in [-0.05, 0) is 37.0 Å². The molecule has 0 spiro atoms. The number of hydrogen-bond acceptors (Lipinski definition) is 2. The summed E-state index contributed by atoms with van der Waals surface area (Å²) in [7, 11) is 0. The normalized spacial score (nSPS) is 24.6. The smallest absolute Gasteiger partial charge is 0.305 e. The van der Waals surface area contributed by atoms with Crippen LogP contribution < -0.4 is 5.32 Å². The minimum atomic E-state index is -0.869. The molecule has 0 radical (unpaired) electrons. The van der Waals surface area contributed by atoms with Gasteiger partial charge < -0.3 is 10.4 Å². The highest BCUT2D eigenvalue weighted by atomic mass is 16.4. The Hall–Kier alpha value is -1.06. The van der Waals surface area contributed by atoms with E-state index in [0.717, 1.165) is 25.7 Å². The first kappa shape index (κ1) is 15.0. The van der Waals surface area contributed by atoms with Crippen molar-refractivity contribution < 1.29 is 14.7 Å². The van der Waals surface area contributed by atoms with Gasteiger partial charge in [0.25, 0.3) is 0 Å². The van der Waals surface area contributed by atoms with E-state index in [1.807, 2.05) is 0 Å². The Kier molecular flexibility index (Phi) is 5.17. The topological polar surface area (TPSA) is 66.4 Å². The average molecular weight is 255 g/mol. The van der Waals surface area contributed by atoms with Crippen molar-refractivity contribution in [3.05, 3.63) is 0 Å². The van der Waals surface area contributed by atoms with Gasteiger partial charge in [0.2, 0.25) is 5.91 Å². The third-order valence-corrected chi connectivity index (χ3v) is 3.96. The SMILES string of the molecule is CC(C)(C)C1CCC(C(=O)NCCC(=O)O)CC1. The molecular weight excluding hydrogens is 230 g/mol. The predicted octanol–water partition coefficient (Wildman–Crippen LogP) is 2.43. The maximum atomic E-state index is 11.8. The summed E-state index contributed by atoms with van der Waals surface area (Å²) in [5.41, 5.74) is 0.324. The van der Waals surface area contributed by atoms with E-state index in [1.165, 1.54) is 0 Å². The Morgan fingerprint density at radius 3 is 2.17 bits per heavy atom. The lowest BCUT2D eigenvalue weighted by Crippen LogP contribution is -2.36. The number of carbonyl (C=O) groups excluding carboxylic acids is 1. The highest BCUT2D eigenvalue weighted by Crippen LogP contribution is 2.39. The standard InChI is InChI=1S/C14H25NO3/c1-14(2,3)11-6-4-10(5-7-11)13(18)15-9-8-12(16)17/h10-11H,4-9H2,1-3H3,(H,15,18)(H,16,17). The first-order chi connectivity index (χ1) is 8.30. The quantitative estimate of drug-likeness (QED) is 0.810. The van der Waals surface area contributed by atoms with Crippen molar-refractivity contribution in [2.75, 3.05) is 6.54 Å². The maximum Gasteiger partial charge on any atom is 0.305 e. The van der Waals surface area contributed by atoms with Gasteiger partial charge in [0, 0.05) is 12.5 Å². The van der Waals surface area contributed by atoms with E-state index in [0.29, 0.717) is 11.3 Å². The minimum absolute atomic E-state index is 0.00305. The zero-order valence-corrected chi connectivity index (χ0v) is 11.7. The van der Waals surface area contributed by atoms with E-state index < -0.39 is 5.97 Å². The zero-order chi connectivity index (χ0) is 13.8. The van der Waals surface area contributed by atoms with Gasteiger partial charge in [0.1, 0.15) is 0 Å². The molecule has 1 saturated carbocycles. The molecule has 104 valence electrons. The maximum absolute atomic E-state index is 11.8. The van der Waals surface area contributed by atoms with Crippen molar-refractivity contribution >= 4 is 11.9 Å². The van der Waals surface area contributed by atoms with Gasteiger partial charge in [-0.15, -0.1) is 0 Å². The molecule has 1 aliphatic carbocycles. The van der Waals surface area contributed by atoms with Gasteiger partial charge in [-0.25, -0.2) is 0 Å². The molecule has 0 saturated heterocycles. The molecule has 0 heterocycles. The van der Waals surface area contributed by atoms with Crippen molar-refractivity contribution in [2.24, 2.45) is 17.3 Å². The van der Waals surface area contributed by atoms with Gasteiger partial charge in [-0.1, -0.05) is 20.8 Å². The summed E-state index contributed by atoms with van der Waals surface area (Å²) in [5, 5.41) is 11.2. The molecule has 1 fully saturated rings. The molecule has 0 aromatic carbocycles. The third-order valence-electron chi connectivity index (χ3n) is 3.96. The molecule has 0 aromatic rings. The van der Waals surface area contributed by atoms with Crippen molar-refractivity contribution in [1.29, 1.82) is 0 Å². The van der Waals surface area contributed by atoms with Gasteiger partial charge >= 0.3 is 5.97 Å². The Morgan fingerprint density at radius 2 is 1.72 bits per heavy atom. The molecule has 18 heavy (non-hydrogen) atoms. The van der Waals surface area contributed by atoms with Gasteiger partial charge in [0.05, 0.1) is 6.42 Å². The molecule has 1 aliphatic rings. The van der Waals surface area contributed by atoms with Crippen LogP contribution in [0.5, 0.6) is 0 Å². The molecule has 0 bridgehead atoms. The number of amides is 1. The number of hydrogen-bond donors (Lipinski definition) is 2. The Balaban J connectivity index is 2.30. The Labute approximate surface area is 109 Å². The van der Waals surface area contributed by atoms with Crippen molar-refractivity contribution in [3.63, 3.8) is 0 Å². The molecule has 0 aromatic heterocycles. The highest BCUT2D eigenvalue weighted by Gasteiger charge is 2.32. The van der Waals surface area contributed by atoms with Crippen molar-refractivity contribution in [1.82, 2.24) is 5.32 Å². The van der Waals surface area contributed by atoms with Crippen LogP contribution in [0.25, 0.3) is 0 Å². The van der Waals surface area contributed by atoms with E-state index in [4.69, 9.17) is 5.11 Å². The van der Waals surface area contributed by atoms with Gasteiger partial charge in [-0.2, -0.15) is 0 Å². The summed E-state index contributed by atoms with van der Waals surface area (Å²) in [6.07, 6.45) is 4.06. The number of carboxylic acid groups (broad SMARTS) is 1. The molecule has 0 atom stereocenters. The second-order valence-corrected chi connectivity index (χ2v) is 6.35. The molecule has 0 aliphatic heterocycles. The lowest BCUT2D eigenvalue weighted by atomic mass is 9.69. The van der Waals surface area contributed by atoms with Crippen LogP contribution in [0.1, 0.15) is 52.9 Å². The van der Waals surface area contributed by atoms with E-state index in [-0.39, 0.29) is 24.8 Å². The first-order valence-electron chi connectivity index (χ1n) is 6.80.